The van der Waals surface area contributed by atoms with Gasteiger partial charge in [0.05, 0.1) is 11.4 Å². The van der Waals surface area contributed by atoms with E-state index in [4.69, 9.17) is 4.74 Å². The lowest BCUT2D eigenvalue weighted by atomic mass is 10.1. The van der Waals surface area contributed by atoms with Crippen LogP contribution in [-0.2, 0) is 0 Å². The third-order valence-corrected chi connectivity index (χ3v) is 6.07. The van der Waals surface area contributed by atoms with E-state index in [1.165, 1.54) is 0 Å². The molecule has 0 bridgehead atoms. The van der Waals surface area contributed by atoms with Crippen LogP contribution in [0.3, 0.4) is 0 Å². The maximum atomic E-state index is 13.5. The topological polar surface area (TPSA) is 39.3 Å². The van der Waals surface area contributed by atoms with E-state index in [9.17, 15) is 4.79 Å². The van der Waals surface area contributed by atoms with Crippen molar-refractivity contribution in [2.75, 3.05) is 54.0 Å². The van der Waals surface area contributed by atoms with Gasteiger partial charge in [-0.1, -0.05) is 0 Å². The quantitative estimate of drug-likeness (QED) is 0.514. The molecule has 1 heterocycles. The second kappa shape index (κ2) is 9.94. The summed E-state index contributed by atoms with van der Waals surface area (Å²) in [5, 5.41) is 0. The van der Waals surface area contributed by atoms with Gasteiger partial charge in [-0.05, 0) is 65.8 Å². The van der Waals surface area contributed by atoms with E-state index in [1.54, 1.807) is 4.90 Å². The molecule has 1 aliphatic heterocycles. The van der Waals surface area contributed by atoms with Crippen molar-refractivity contribution in [2.24, 2.45) is 0 Å². The number of hydrogen-bond acceptors (Lipinski definition) is 4. The van der Waals surface area contributed by atoms with Crippen molar-refractivity contribution in [2.45, 2.75) is 41.5 Å². The molecule has 0 atom stereocenters. The minimum absolute atomic E-state index is 0.0259. The van der Waals surface area contributed by atoms with E-state index in [0.29, 0.717) is 24.6 Å². The van der Waals surface area contributed by atoms with Crippen LogP contribution in [-0.4, -0.2) is 50.2 Å². The van der Waals surface area contributed by atoms with E-state index in [1.807, 2.05) is 30.9 Å². The summed E-state index contributed by atoms with van der Waals surface area (Å²) in [5.74, 6) is 1.43. The lowest BCUT2D eigenvalue weighted by molar-refractivity contribution is 0.212. The van der Waals surface area contributed by atoms with Gasteiger partial charge < -0.3 is 19.4 Å². The molecule has 2 aromatic carbocycles. The molecule has 31 heavy (non-hydrogen) atoms. The lowest BCUT2D eigenvalue weighted by Crippen LogP contribution is -2.41. The van der Waals surface area contributed by atoms with Crippen LogP contribution in [0, 0.1) is 0 Å². The van der Waals surface area contributed by atoms with Gasteiger partial charge in [0.25, 0.3) is 0 Å². The second-order valence-electron chi connectivity index (χ2n) is 7.54. The van der Waals surface area contributed by atoms with Gasteiger partial charge in [0.1, 0.15) is 0 Å². The van der Waals surface area contributed by atoms with Gasteiger partial charge in [0, 0.05) is 62.8 Å². The van der Waals surface area contributed by atoms with Crippen molar-refractivity contribution in [3.8, 4) is 11.5 Å². The molecule has 0 N–H and O–H groups in total. The summed E-state index contributed by atoms with van der Waals surface area (Å²) in [6.07, 6.45) is 0. The highest BCUT2D eigenvalue weighted by molar-refractivity contribution is 6.04. The van der Waals surface area contributed by atoms with Gasteiger partial charge in [-0.25, -0.2) is 4.79 Å². The Kier molecular flexibility index (Phi) is 7.31. The molecule has 0 fully saturated rings. The zero-order valence-electron chi connectivity index (χ0n) is 19.8. The van der Waals surface area contributed by atoms with Crippen LogP contribution in [0.25, 0.3) is 0 Å². The van der Waals surface area contributed by atoms with Gasteiger partial charge in [0.2, 0.25) is 0 Å². The number of ether oxygens (including phenoxy) is 1. The maximum Gasteiger partial charge on any atom is 0.329 e. The van der Waals surface area contributed by atoms with Gasteiger partial charge in [-0.15, -0.1) is 0 Å². The summed E-state index contributed by atoms with van der Waals surface area (Å²) in [6.45, 7) is 17.6. The third kappa shape index (κ3) is 4.29. The smallest absolute Gasteiger partial charge is 0.329 e. The summed E-state index contributed by atoms with van der Waals surface area (Å²) in [4.78, 5) is 21.7. The second-order valence-corrected chi connectivity index (χ2v) is 7.54. The molecule has 0 saturated heterocycles. The fourth-order valence-electron chi connectivity index (χ4n) is 4.20. The molecule has 0 saturated carbocycles. The first-order valence-electron chi connectivity index (χ1n) is 11.6. The Labute approximate surface area is 187 Å². The molecule has 0 aliphatic carbocycles. The van der Waals surface area contributed by atoms with Crippen LogP contribution in [0.15, 0.2) is 36.4 Å². The Hall–Kier alpha value is -2.89. The number of amides is 2. The summed E-state index contributed by atoms with van der Waals surface area (Å²) >= 11 is 0. The molecular formula is C25H36N4O2. The molecule has 6 nitrogen and oxygen atoms in total. The fraction of sp³-hybridized carbons (Fsp3) is 0.480. The average molecular weight is 425 g/mol. The number of rotatable bonds is 8. The first-order chi connectivity index (χ1) is 15.0. The van der Waals surface area contributed by atoms with Crippen molar-refractivity contribution < 1.29 is 9.53 Å². The SMILES string of the molecule is CCN(CC)C(=O)N1c2ccc(N(CC)CC)cc2Oc2cc(N(CC)CC)ccc21. The van der Waals surface area contributed by atoms with Crippen molar-refractivity contribution in [1.82, 2.24) is 4.90 Å². The molecular weight excluding hydrogens is 388 g/mol. The van der Waals surface area contributed by atoms with Gasteiger partial charge in [-0.2, -0.15) is 0 Å². The Balaban J connectivity index is 2.13. The molecule has 2 amide bonds. The minimum Gasteiger partial charge on any atom is -0.453 e. The van der Waals surface area contributed by atoms with Crippen LogP contribution in [0.5, 0.6) is 11.5 Å². The first-order valence-corrected chi connectivity index (χ1v) is 11.6. The predicted octanol–water partition coefficient (Wildman–Crippen LogP) is 6.08. The number of benzene rings is 2. The van der Waals surface area contributed by atoms with Gasteiger partial charge in [0.15, 0.2) is 11.5 Å². The van der Waals surface area contributed by atoms with Crippen LogP contribution >= 0.6 is 0 Å². The fourth-order valence-corrected chi connectivity index (χ4v) is 4.20. The number of urea groups is 1. The van der Waals surface area contributed by atoms with Gasteiger partial charge in [-0.3, -0.25) is 4.90 Å². The highest BCUT2D eigenvalue weighted by atomic mass is 16.5. The first kappa shape index (κ1) is 22.8. The summed E-state index contributed by atoms with van der Waals surface area (Å²) < 4.78 is 6.40. The van der Waals surface area contributed by atoms with Crippen molar-refractivity contribution in [1.29, 1.82) is 0 Å². The number of nitrogens with zero attached hydrogens (tertiary/aromatic N) is 4. The number of fused-ring (bicyclic) bond motifs is 2. The maximum absolute atomic E-state index is 13.5. The molecule has 0 spiro atoms. The molecule has 0 unspecified atom stereocenters. The summed E-state index contributed by atoms with van der Waals surface area (Å²) in [5.41, 5.74) is 3.77. The molecule has 1 aliphatic rings. The van der Waals surface area contributed by atoms with E-state index in [0.717, 1.165) is 48.9 Å². The summed E-state index contributed by atoms with van der Waals surface area (Å²) in [6, 6.07) is 12.2. The highest BCUT2D eigenvalue weighted by Crippen LogP contribution is 2.49. The highest BCUT2D eigenvalue weighted by Gasteiger charge is 2.32. The number of anilines is 4. The molecule has 0 aromatic heterocycles. The Bertz CT molecular complexity index is 841. The summed E-state index contributed by atoms with van der Waals surface area (Å²) in [7, 11) is 0. The minimum atomic E-state index is -0.0259. The zero-order valence-corrected chi connectivity index (χ0v) is 19.8. The van der Waals surface area contributed by atoms with Crippen molar-refractivity contribution in [3.63, 3.8) is 0 Å². The number of carbonyl (C=O) groups is 1. The van der Waals surface area contributed by atoms with Crippen LogP contribution in [0.1, 0.15) is 41.5 Å². The van der Waals surface area contributed by atoms with E-state index in [2.05, 4.69) is 61.8 Å². The normalized spacial score (nSPS) is 12.0. The monoisotopic (exact) mass is 424 g/mol. The standard InChI is InChI=1S/C25H36N4O2/c1-7-26(8-2)19-13-15-21-23(17-19)31-24-18-20(27(9-3)10-4)14-16-22(24)29(21)25(30)28(11-5)12-6/h13-18H,7-12H2,1-6H3. The van der Waals surface area contributed by atoms with Crippen molar-refractivity contribution >= 4 is 28.8 Å². The molecule has 6 heteroatoms. The molecule has 168 valence electrons. The van der Waals surface area contributed by atoms with Crippen molar-refractivity contribution in [3.05, 3.63) is 36.4 Å². The van der Waals surface area contributed by atoms with Crippen LogP contribution in [0.2, 0.25) is 0 Å². The molecule has 3 rings (SSSR count). The van der Waals surface area contributed by atoms with E-state index >= 15 is 0 Å². The Morgan fingerprint density at radius 2 is 1.13 bits per heavy atom. The van der Waals surface area contributed by atoms with Gasteiger partial charge >= 0.3 is 6.03 Å². The largest absolute Gasteiger partial charge is 0.453 e. The number of hydrogen-bond donors (Lipinski definition) is 0. The predicted molar refractivity (Wildman–Crippen MR) is 131 cm³/mol. The average Bonchev–Trinajstić information content (AvgIpc) is 2.79. The van der Waals surface area contributed by atoms with Crippen LogP contribution < -0.4 is 19.4 Å². The Morgan fingerprint density at radius 1 is 0.710 bits per heavy atom. The number of carbonyl (C=O) groups excluding carboxylic acids is 1. The lowest BCUT2D eigenvalue weighted by Gasteiger charge is -2.36. The third-order valence-electron chi connectivity index (χ3n) is 6.07. The zero-order chi connectivity index (χ0) is 22.5. The molecule has 0 radical (unpaired) electrons. The van der Waals surface area contributed by atoms with E-state index < -0.39 is 0 Å². The van der Waals surface area contributed by atoms with E-state index in [-0.39, 0.29) is 6.03 Å². The molecule has 2 aromatic rings. The van der Waals surface area contributed by atoms with Crippen LogP contribution in [0.4, 0.5) is 27.5 Å². The Morgan fingerprint density at radius 3 is 1.48 bits per heavy atom.